The molecule has 2 heterocycles. The number of amides is 1. The van der Waals surface area contributed by atoms with E-state index < -0.39 is 0 Å². The first kappa shape index (κ1) is 16.3. The van der Waals surface area contributed by atoms with Crippen molar-refractivity contribution in [2.24, 2.45) is 5.92 Å². The van der Waals surface area contributed by atoms with Crippen LogP contribution in [0, 0.1) is 19.8 Å². The molecule has 0 radical (unpaired) electrons. The van der Waals surface area contributed by atoms with E-state index in [-0.39, 0.29) is 5.92 Å². The van der Waals surface area contributed by atoms with Crippen molar-refractivity contribution in [3.63, 3.8) is 0 Å². The fourth-order valence-corrected chi connectivity index (χ4v) is 3.87. The quantitative estimate of drug-likeness (QED) is 0.838. The molecule has 2 aliphatic rings. The zero-order chi connectivity index (χ0) is 16.4. The molecular weight excluding hydrogens is 286 g/mol. The van der Waals surface area contributed by atoms with Gasteiger partial charge >= 0.3 is 0 Å². The van der Waals surface area contributed by atoms with Gasteiger partial charge in [0.25, 0.3) is 0 Å². The summed E-state index contributed by atoms with van der Waals surface area (Å²) in [5, 5.41) is 0. The van der Waals surface area contributed by atoms with Crippen LogP contribution in [0.3, 0.4) is 0 Å². The van der Waals surface area contributed by atoms with Gasteiger partial charge < -0.3 is 14.7 Å². The SMILES string of the molecule is Cc1cccc(N2CCN(C(=O)[C@@H]3CCCN(C)C3)CC2)c1C. The summed E-state index contributed by atoms with van der Waals surface area (Å²) < 4.78 is 0. The fourth-order valence-electron chi connectivity index (χ4n) is 3.87. The van der Waals surface area contributed by atoms with Crippen molar-refractivity contribution in [1.82, 2.24) is 9.80 Å². The van der Waals surface area contributed by atoms with Crippen LogP contribution in [0.15, 0.2) is 18.2 Å². The molecule has 0 saturated carbocycles. The molecule has 2 saturated heterocycles. The van der Waals surface area contributed by atoms with Gasteiger partial charge in [-0.2, -0.15) is 0 Å². The third-order valence-corrected chi connectivity index (χ3v) is 5.48. The molecule has 1 aromatic carbocycles. The van der Waals surface area contributed by atoms with E-state index in [1.165, 1.54) is 16.8 Å². The number of piperidine rings is 1. The standard InChI is InChI=1S/C19H29N3O/c1-15-6-4-8-18(16(15)2)21-10-12-22(13-11-21)19(23)17-7-5-9-20(3)14-17/h4,6,8,17H,5,7,9-14H2,1-3H3/t17-/m1/s1. The van der Waals surface area contributed by atoms with Crippen LogP contribution >= 0.6 is 0 Å². The maximum atomic E-state index is 12.7. The number of likely N-dealkylation sites (tertiary alicyclic amines) is 1. The minimum absolute atomic E-state index is 0.209. The van der Waals surface area contributed by atoms with E-state index in [1.807, 2.05) is 0 Å². The van der Waals surface area contributed by atoms with Crippen LogP contribution in [0.25, 0.3) is 0 Å². The number of piperazine rings is 1. The molecule has 4 nitrogen and oxygen atoms in total. The minimum Gasteiger partial charge on any atom is -0.368 e. The second-order valence-electron chi connectivity index (χ2n) is 7.13. The molecule has 3 rings (SSSR count). The molecule has 2 fully saturated rings. The van der Waals surface area contributed by atoms with E-state index in [2.05, 4.69) is 53.8 Å². The van der Waals surface area contributed by atoms with E-state index in [4.69, 9.17) is 0 Å². The van der Waals surface area contributed by atoms with E-state index in [9.17, 15) is 4.79 Å². The number of carbonyl (C=O) groups is 1. The van der Waals surface area contributed by atoms with Crippen LogP contribution in [0.1, 0.15) is 24.0 Å². The average Bonchev–Trinajstić information content (AvgIpc) is 2.57. The topological polar surface area (TPSA) is 26.8 Å². The third kappa shape index (κ3) is 3.52. The van der Waals surface area contributed by atoms with Crippen LogP contribution in [0.4, 0.5) is 5.69 Å². The minimum atomic E-state index is 0.209. The molecule has 1 amide bonds. The van der Waals surface area contributed by atoms with E-state index in [0.29, 0.717) is 5.91 Å². The number of hydrogen-bond acceptors (Lipinski definition) is 3. The molecule has 0 spiro atoms. The average molecular weight is 315 g/mol. The lowest BCUT2D eigenvalue weighted by molar-refractivity contribution is -0.137. The summed E-state index contributed by atoms with van der Waals surface area (Å²) >= 11 is 0. The van der Waals surface area contributed by atoms with Gasteiger partial charge in [-0.3, -0.25) is 4.79 Å². The number of carbonyl (C=O) groups excluding carboxylic acids is 1. The molecule has 126 valence electrons. The maximum Gasteiger partial charge on any atom is 0.227 e. The summed E-state index contributed by atoms with van der Waals surface area (Å²) in [6.45, 7) is 10.0. The van der Waals surface area contributed by atoms with Crippen molar-refractivity contribution in [2.75, 3.05) is 51.2 Å². The Kier molecular flexibility index (Phi) is 4.90. The van der Waals surface area contributed by atoms with E-state index >= 15 is 0 Å². The van der Waals surface area contributed by atoms with Gasteiger partial charge in [0.05, 0.1) is 5.92 Å². The van der Waals surface area contributed by atoms with Gasteiger partial charge in [0.15, 0.2) is 0 Å². The summed E-state index contributed by atoms with van der Waals surface area (Å²) in [4.78, 5) is 19.6. The van der Waals surface area contributed by atoms with Crippen molar-refractivity contribution in [1.29, 1.82) is 0 Å². The predicted octanol–water partition coefficient (Wildman–Crippen LogP) is 2.29. The van der Waals surface area contributed by atoms with Crippen LogP contribution in [0.5, 0.6) is 0 Å². The summed E-state index contributed by atoms with van der Waals surface area (Å²) in [7, 11) is 2.12. The number of rotatable bonds is 2. The summed E-state index contributed by atoms with van der Waals surface area (Å²) in [6.07, 6.45) is 2.20. The highest BCUT2D eigenvalue weighted by Crippen LogP contribution is 2.25. The lowest BCUT2D eigenvalue weighted by Crippen LogP contribution is -2.52. The Morgan fingerprint density at radius 2 is 1.83 bits per heavy atom. The first-order valence-corrected chi connectivity index (χ1v) is 8.85. The number of nitrogens with zero attached hydrogens (tertiary/aromatic N) is 3. The van der Waals surface area contributed by atoms with Gasteiger partial charge in [-0.05, 0) is 57.5 Å². The Bertz CT molecular complexity index is 564. The van der Waals surface area contributed by atoms with Crippen molar-refractivity contribution in [3.05, 3.63) is 29.3 Å². The molecule has 0 aliphatic carbocycles. The number of aryl methyl sites for hydroxylation is 1. The first-order valence-electron chi connectivity index (χ1n) is 8.85. The Balaban J connectivity index is 1.60. The Morgan fingerprint density at radius 1 is 1.09 bits per heavy atom. The smallest absolute Gasteiger partial charge is 0.227 e. The van der Waals surface area contributed by atoms with Crippen LogP contribution < -0.4 is 4.90 Å². The lowest BCUT2D eigenvalue weighted by atomic mass is 9.96. The summed E-state index contributed by atoms with van der Waals surface area (Å²) in [5.74, 6) is 0.582. The van der Waals surface area contributed by atoms with Crippen molar-refractivity contribution < 1.29 is 4.79 Å². The fraction of sp³-hybridized carbons (Fsp3) is 0.632. The first-order chi connectivity index (χ1) is 11.1. The maximum absolute atomic E-state index is 12.7. The zero-order valence-corrected chi connectivity index (χ0v) is 14.7. The molecule has 4 heteroatoms. The van der Waals surface area contributed by atoms with Crippen LogP contribution in [0.2, 0.25) is 0 Å². The highest BCUT2D eigenvalue weighted by Gasteiger charge is 2.30. The van der Waals surface area contributed by atoms with Gasteiger partial charge in [-0.15, -0.1) is 0 Å². The van der Waals surface area contributed by atoms with Crippen molar-refractivity contribution >= 4 is 11.6 Å². The Hall–Kier alpha value is -1.55. The zero-order valence-electron chi connectivity index (χ0n) is 14.7. The lowest BCUT2D eigenvalue weighted by Gasteiger charge is -2.39. The summed E-state index contributed by atoms with van der Waals surface area (Å²) in [5.41, 5.74) is 4.03. The second kappa shape index (κ2) is 6.91. The Morgan fingerprint density at radius 3 is 2.52 bits per heavy atom. The van der Waals surface area contributed by atoms with Gasteiger partial charge in [0.2, 0.25) is 5.91 Å². The molecule has 2 aliphatic heterocycles. The monoisotopic (exact) mass is 315 g/mol. The Labute approximate surface area is 140 Å². The third-order valence-electron chi connectivity index (χ3n) is 5.48. The molecule has 23 heavy (non-hydrogen) atoms. The highest BCUT2D eigenvalue weighted by molar-refractivity contribution is 5.79. The predicted molar refractivity (Wildman–Crippen MR) is 94.9 cm³/mol. The summed E-state index contributed by atoms with van der Waals surface area (Å²) in [6, 6.07) is 6.50. The molecule has 0 bridgehead atoms. The van der Waals surface area contributed by atoms with Crippen LogP contribution in [-0.2, 0) is 4.79 Å². The highest BCUT2D eigenvalue weighted by atomic mass is 16.2. The number of hydrogen-bond donors (Lipinski definition) is 0. The van der Waals surface area contributed by atoms with Gasteiger partial charge in [-0.1, -0.05) is 12.1 Å². The normalized spacial score (nSPS) is 23.2. The van der Waals surface area contributed by atoms with Gasteiger partial charge in [0, 0.05) is 38.4 Å². The van der Waals surface area contributed by atoms with Crippen molar-refractivity contribution in [3.8, 4) is 0 Å². The molecule has 0 unspecified atom stereocenters. The van der Waals surface area contributed by atoms with Crippen LogP contribution in [-0.4, -0.2) is 62.0 Å². The largest absolute Gasteiger partial charge is 0.368 e. The molecule has 1 aromatic rings. The molecular formula is C19H29N3O. The van der Waals surface area contributed by atoms with E-state index in [0.717, 1.165) is 52.1 Å². The molecule has 1 atom stereocenters. The van der Waals surface area contributed by atoms with Gasteiger partial charge in [0.1, 0.15) is 0 Å². The van der Waals surface area contributed by atoms with Gasteiger partial charge in [-0.25, -0.2) is 0 Å². The number of benzene rings is 1. The van der Waals surface area contributed by atoms with E-state index in [1.54, 1.807) is 0 Å². The molecule has 0 N–H and O–H groups in total. The number of anilines is 1. The molecule has 0 aromatic heterocycles. The van der Waals surface area contributed by atoms with Crippen molar-refractivity contribution in [2.45, 2.75) is 26.7 Å². The second-order valence-corrected chi connectivity index (χ2v) is 7.13.